The van der Waals surface area contributed by atoms with Gasteiger partial charge >= 0.3 is 0 Å². The van der Waals surface area contributed by atoms with Crippen LogP contribution in [-0.2, 0) is 5.41 Å². The van der Waals surface area contributed by atoms with Crippen molar-refractivity contribution in [2.24, 2.45) is 0 Å². The van der Waals surface area contributed by atoms with Crippen molar-refractivity contribution in [3.05, 3.63) is 187 Å². The fourth-order valence-corrected chi connectivity index (χ4v) is 8.41. The standard InChI is InChI=1S/C49H35N/c1-49(2)46-15-9-8-14-43(46)45-31-44-38(30-47(45)49)19-17-35-16-18-37-29-41(26-27-42(37)48(35)44)50(40-25-22-33-12-6-7-13-36(33)28-40)39-23-20-34(21-24-39)32-10-4-3-5-11-32/h3-31H,1-2H3. The highest BCUT2D eigenvalue weighted by Gasteiger charge is 2.35. The van der Waals surface area contributed by atoms with Crippen molar-refractivity contribution in [1.29, 1.82) is 0 Å². The predicted octanol–water partition coefficient (Wildman–Crippen LogP) is 13.7. The van der Waals surface area contributed by atoms with Crippen LogP contribution in [0.5, 0.6) is 0 Å². The minimum atomic E-state index is -0.0196. The van der Waals surface area contributed by atoms with Crippen molar-refractivity contribution >= 4 is 60.2 Å². The van der Waals surface area contributed by atoms with E-state index < -0.39 is 0 Å². The maximum Gasteiger partial charge on any atom is 0.0468 e. The molecule has 9 aromatic carbocycles. The van der Waals surface area contributed by atoms with Gasteiger partial charge in [0.15, 0.2) is 0 Å². The van der Waals surface area contributed by atoms with Gasteiger partial charge in [-0.1, -0.05) is 141 Å². The fraction of sp³-hybridized carbons (Fsp3) is 0.0612. The first-order valence-electron chi connectivity index (χ1n) is 17.5. The van der Waals surface area contributed by atoms with Crippen LogP contribution >= 0.6 is 0 Å². The summed E-state index contributed by atoms with van der Waals surface area (Å²) in [6, 6.07) is 64.9. The highest BCUT2D eigenvalue weighted by atomic mass is 15.1. The number of benzene rings is 9. The summed E-state index contributed by atoms with van der Waals surface area (Å²) in [6.45, 7) is 4.72. The van der Waals surface area contributed by atoms with Gasteiger partial charge in [-0.2, -0.15) is 0 Å². The third-order valence-corrected chi connectivity index (χ3v) is 11.0. The quantitative estimate of drug-likeness (QED) is 0.174. The summed E-state index contributed by atoms with van der Waals surface area (Å²) in [4.78, 5) is 2.39. The Morgan fingerprint density at radius 3 is 1.74 bits per heavy atom. The first-order chi connectivity index (χ1) is 24.5. The van der Waals surface area contributed by atoms with Gasteiger partial charge in [-0.25, -0.2) is 0 Å². The van der Waals surface area contributed by atoms with E-state index in [0.717, 1.165) is 17.1 Å². The van der Waals surface area contributed by atoms with Gasteiger partial charge in [0, 0.05) is 22.5 Å². The molecule has 0 unspecified atom stereocenters. The van der Waals surface area contributed by atoms with Crippen molar-refractivity contribution in [3.8, 4) is 22.3 Å². The van der Waals surface area contributed by atoms with E-state index in [-0.39, 0.29) is 5.41 Å². The molecule has 0 fully saturated rings. The van der Waals surface area contributed by atoms with Crippen molar-refractivity contribution in [2.75, 3.05) is 4.90 Å². The Balaban J connectivity index is 1.16. The van der Waals surface area contributed by atoms with Gasteiger partial charge in [-0.15, -0.1) is 0 Å². The fourth-order valence-electron chi connectivity index (χ4n) is 8.41. The number of rotatable bonds is 4. The molecular formula is C49H35N. The number of nitrogens with zero attached hydrogens (tertiary/aromatic N) is 1. The number of anilines is 3. The van der Waals surface area contributed by atoms with Crippen molar-refractivity contribution in [2.45, 2.75) is 19.3 Å². The molecule has 0 amide bonds. The second kappa shape index (κ2) is 10.9. The van der Waals surface area contributed by atoms with Gasteiger partial charge in [0.25, 0.3) is 0 Å². The summed E-state index contributed by atoms with van der Waals surface area (Å²) in [5.41, 5.74) is 11.4. The Morgan fingerprint density at radius 1 is 0.360 bits per heavy atom. The van der Waals surface area contributed by atoms with Crippen LogP contribution in [0.4, 0.5) is 17.1 Å². The predicted molar refractivity (Wildman–Crippen MR) is 214 cm³/mol. The Hall–Kier alpha value is -6.18. The molecule has 0 saturated heterocycles. The molecule has 1 nitrogen and oxygen atoms in total. The Labute approximate surface area is 292 Å². The molecular weight excluding hydrogens is 603 g/mol. The summed E-state index contributed by atoms with van der Waals surface area (Å²) in [6.07, 6.45) is 0. The van der Waals surface area contributed by atoms with Crippen LogP contribution in [0.2, 0.25) is 0 Å². The second-order valence-electron chi connectivity index (χ2n) is 14.2. The molecule has 0 N–H and O–H groups in total. The van der Waals surface area contributed by atoms with E-state index in [9.17, 15) is 0 Å². The lowest BCUT2D eigenvalue weighted by atomic mass is 9.81. The normalized spacial score (nSPS) is 13.2. The molecule has 0 radical (unpaired) electrons. The molecule has 0 aliphatic heterocycles. The second-order valence-corrected chi connectivity index (χ2v) is 14.2. The highest BCUT2D eigenvalue weighted by molar-refractivity contribution is 6.21. The lowest BCUT2D eigenvalue weighted by Crippen LogP contribution is -2.14. The molecule has 0 heterocycles. The van der Waals surface area contributed by atoms with Crippen LogP contribution in [0.1, 0.15) is 25.0 Å². The van der Waals surface area contributed by atoms with Crippen LogP contribution in [0.15, 0.2) is 176 Å². The van der Waals surface area contributed by atoms with E-state index in [1.807, 2.05) is 0 Å². The molecule has 236 valence electrons. The summed E-state index contributed by atoms with van der Waals surface area (Å²) in [5, 5.41) is 10.2. The van der Waals surface area contributed by atoms with Gasteiger partial charge in [-0.05, 0) is 125 Å². The molecule has 10 rings (SSSR count). The first-order valence-corrected chi connectivity index (χ1v) is 17.5. The number of hydrogen-bond acceptors (Lipinski definition) is 1. The van der Waals surface area contributed by atoms with Crippen LogP contribution in [0, 0.1) is 0 Å². The zero-order chi connectivity index (χ0) is 33.4. The minimum absolute atomic E-state index is 0.0196. The molecule has 1 aliphatic carbocycles. The molecule has 1 aliphatic rings. The molecule has 0 spiro atoms. The Morgan fingerprint density at radius 2 is 0.940 bits per heavy atom. The van der Waals surface area contributed by atoms with E-state index in [0.29, 0.717) is 0 Å². The summed E-state index contributed by atoms with van der Waals surface area (Å²) >= 11 is 0. The topological polar surface area (TPSA) is 3.24 Å². The molecule has 9 aromatic rings. The van der Waals surface area contributed by atoms with Crippen molar-refractivity contribution in [3.63, 3.8) is 0 Å². The van der Waals surface area contributed by atoms with Crippen LogP contribution < -0.4 is 4.90 Å². The largest absolute Gasteiger partial charge is 0.310 e. The average molecular weight is 638 g/mol. The van der Waals surface area contributed by atoms with Gasteiger partial charge < -0.3 is 4.90 Å². The molecule has 50 heavy (non-hydrogen) atoms. The minimum Gasteiger partial charge on any atom is -0.310 e. The van der Waals surface area contributed by atoms with Crippen LogP contribution in [0.3, 0.4) is 0 Å². The van der Waals surface area contributed by atoms with E-state index in [1.54, 1.807) is 0 Å². The summed E-state index contributed by atoms with van der Waals surface area (Å²) < 4.78 is 0. The molecule has 0 bridgehead atoms. The Kier molecular flexibility index (Phi) is 6.29. The lowest BCUT2D eigenvalue weighted by Gasteiger charge is -2.26. The monoisotopic (exact) mass is 637 g/mol. The SMILES string of the molecule is CC1(C)c2ccccc2-c2cc3c(ccc4ccc5cc(N(c6ccc(-c7ccccc7)cc6)c6ccc7ccccc7c6)ccc5c43)cc21. The van der Waals surface area contributed by atoms with Gasteiger partial charge in [0.05, 0.1) is 0 Å². The number of hydrogen-bond donors (Lipinski definition) is 0. The third-order valence-electron chi connectivity index (χ3n) is 11.0. The van der Waals surface area contributed by atoms with Gasteiger partial charge in [0.2, 0.25) is 0 Å². The van der Waals surface area contributed by atoms with Crippen LogP contribution in [0.25, 0.3) is 65.3 Å². The van der Waals surface area contributed by atoms with E-state index >= 15 is 0 Å². The maximum absolute atomic E-state index is 2.46. The van der Waals surface area contributed by atoms with Gasteiger partial charge in [0.1, 0.15) is 0 Å². The van der Waals surface area contributed by atoms with Crippen molar-refractivity contribution < 1.29 is 0 Å². The number of fused-ring (bicyclic) bond motifs is 9. The lowest BCUT2D eigenvalue weighted by molar-refractivity contribution is 0.661. The third kappa shape index (κ3) is 4.40. The molecule has 0 saturated carbocycles. The zero-order valence-corrected chi connectivity index (χ0v) is 28.2. The summed E-state index contributed by atoms with van der Waals surface area (Å²) in [5.74, 6) is 0. The smallest absolute Gasteiger partial charge is 0.0468 e. The van der Waals surface area contributed by atoms with Crippen molar-refractivity contribution in [1.82, 2.24) is 0 Å². The molecule has 1 heteroatoms. The summed E-state index contributed by atoms with van der Waals surface area (Å²) in [7, 11) is 0. The van der Waals surface area contributed by atoms with E-state index in [4.69, 9.17) is 0 Å². The molecule has 0 atom stereocenters. The van der Waals surface area contributed by atoms with E-state index in [2.05, 4.69) is 195 Å². The highest BCUT2D eigenvalue weighted by Crippen LogP contribution is 2.51. The Bertz CT molecular complexity index is 2770. The zero-order valence-electron chi connectivity index (χ0n) is 28.2. The van der Waals surface area contributed by atoms with Gasteiger partial charge in [-0.3, -0.25) is 0 Å². The average Bonchev–Trinajstić information content (AvgIpc) is 3.39. The van der Waals surface area contributed by atoms with E-state index in [1.165, 1.54) is 76.5 Å². The first kappa shape index (κ1) is 28.8. The molecule has 0 aromatic heterocycles. The maximum atomic E-state index is 2.46. The van der Waals surface area contributed by atoms with Crippen LogP contribution in [-0.4, -0.2) is 0 Å².